The SMILES string of the molecule is CCCCCCCCC(CCCCCCCCC(=O)OCC(O)COCCCC)SC. The number of aliphatic hydroxyl groups is 1. The van der Waals surface area contributed by atoms with Crippen LogP contribution in [0.15, 0.2) is 0 Å². The van der Waals surface area contributed by atoms with Crippen LogP contribution in [-0.2, 0) is 14.3 Å². The highest BCUT2D eigenvalue weighted by Gasteiger charge is 2.09. The molecule has 1 N–H and O–H groups in total. The number of rotatable bonds is 24. The summed E-state index contributed by atoms with van der Waals surface area (Å²) in [6, 6.07) is 0. The summed E-state index contributed by atoms with van der Waals surface area (Å²) >= 11 is 2.05. The molecule has 0 aliphatic carbocycles. The molecule has 0 amide bonds. The van der Waals surface area contributed by atoms with E-state index in [0.29, 0.717) is 13.0 Å². The molecule has 4 nitrogen and oxygen atoms in total. The highest BCUT2D eigenvalue weighted by atomic mass is 32.2. The molecule has 31 heavy (non-hydrogen) atoms. The van der Waals surface area contributed by atoms with E-state index in [0.717, 1.165) is 30.9 Å². The second kappa shape index (κ2) is 24.4. The predicted molar refractivity (Wildman–Crippen MR) is 135 cm³/mol. The number of unbranched alkanes of at least 4 members (excludes halogenated alkanes) is 11. The van der Waals surface area contributed by atoms with E-state index in [4.69, 9.17) is 9.47 Å². The van der Waals surface area contributed by atoms with E-state index in [1.807, 2.05) is 11.8 Å². The average molecular weight is 461 g/mol. The van der Waals surface area contributed by atoms with Crippen LogP contribution in [0.1, 0.15) is 123 Å². The van der Waals surface area contributed by atoms with Crippen LogP contribution in [-0.4, -0.2) is 48.5 Å². The fraction of sp³-hybridized carbons (Fsp3) is 0.962. The lowest BCUT2D eigenvalue weighted by Gasteiger charge is -2.14. The zero-order valence-electron chi connectivity index (χ0n) is 20.9. The molecular formula is C26H52O4S. The van der Waals surface area contributed by atoms with Gasteiger partial charge >= 0.3 is 5.97 Å². The van der Waals surface area contributed by atoms with Gasteiger partial charge in [-0.05, 0) is 31.9 Å². The van der Waals surface area contributed by atoms with E-state index < -0.39 is 6.10 Å². The van der Waals surface area contributed by atoms with Crippen LogP contribution >= 0.6 is 11.8 Å². The van der Waals surface area contributed by atoms with Crippen LogP contribution in [0.4, 0.5) is 0 Å². The van der Waals surface area contributed by atoms with E-state index >= 15 is 0 Å². The van der Waals surface area contributed by atoms with Gasteiger partial charge in [0.2, 0.25) is 0 Å². The van der Waals surface area contributed by atoms with Gasteiger partial charge in [0, 0.05) is 18.3 Å². The summed E-state index contributed by atoms with van der Waals surface area (Å²) in [6.07, 6.45) is 22.2. The Morgan fingerprint density at radius 3 is 1.90 bits per heavy atom. The van der Waals surface area contributed by atoms with Gasteiger partial charge < -0.3 is 14.6 Å². The molecule has 0 aromatic heterocycles. The first-order chi connectivity index (χ1) is 15.1. The molecule has 0 fully saturated rings. The fourth-order valence-corrected chi connectivity index (χ4v) is 4.46. The lowest BCUT2D eigenvalue weighted by atomic mass is 10.0. The van der Waals surface area contributed by atoms with Gasteiger partial charge in [0.25, 0.3) is 0 Å². The number of aliphatic hydroxyl groups excluding tert-OH is 1. The topological polar surface area (TPSA) is 55.8 Å². The van der Waals surface area contributed by atoms with Crippen LogP contribution in [0.5, 0.6) is 0 Å². The van der Waals surface area contributed by atoms with Gasteiger partial charge in [0.05, 0.1) is 6.61 Å². The normalized spacial score (nSPS) is 13.3. The summed E-state index contributed by atoms with van der Waals surface area (Å²) in [7, 11) is 0. The summed E-state index contributed by atoms with van der Waals surface area (Å²) in [6.45, 7) is 5.31. The van der Waals surface area contributed by atoms with Gasteiger partial charge in [-0.3, -0.25) is 4.79 Å². The number of carbonyl (C=O) groups is 1. The molecule has 0 aliphatic rings. The van der Waals surface area contributed by atoms with Gasteiger partial charge in [0.15, 0.2) is 0 Å². The van der Waals surface area contributed by atoms with E-state index in [1.165, 1.54) is 77.0 Å². The Hall–Kier alpha value is -0.260. The number of ether oxygens (including phenoxy) is 2. The van der Waals surface area contributed by atoms with Gasteiger partial charge in [-0.1, -0.05) is 90.9 Å². The number of hydrogen-bond donors (Lipinski definition) is 1. The molecule has 0 aliphatic heterocycles. The quantitative estimate of drug-likeness (QED) is 0.121. The van der Waals surface area contributed by atoms with E-state index in [2.05, 4.69) is 20.1 Å². The number of carbonyl (C=O) groups excluding carboxylic acids is 1. The highest BCUT2D eigenvalue weighted by molar-refractivity contribution is 7.99. The maximum absolute atomic E-state index is 11.8. The zero-order chi connectivity index (χ0) is 23.0. The van der Waals surface area contributed by atoms with Crippen molar-refractivity contribution in [1.82, 2.24) is 0 Å². The van der Waals surface area contributed by atoms with Crippen molar-refractivity contribution < 1.29 is 19.4 Å². The van der Waals surface area contributed by atoms with Crippen molar-refractivity contribution in [3.63, 3.8) is 0 Å². The molecule has 5 heteroatoms. The molecule has 0 radical (unpaired) electrons. The molecule has 2 atom stereocenters. The molecule has 0 heterocycles. The smallest absolute Gasteiger partial charge is 0.305 e. The van der Waals surface area contributed by atoms with Crippen LogP contribution < -0.4 is 0 Å². The van der Waals surface area contributed by atoms with Crippen LogP contribution in [0.3, 0.4) is 0 Å². The van der Waals surface area contributed by atoms with Gasteiger partial charge in [-0.15, -0.1) is 0 Å². The number of esters is 1. The van der Waals surface area contributed by atoms with E-state index in [1.54, 1.807) is 0 Å². The first-order valence-electron chi connectivity index (χ1n) is 13.1. The summed E-state index contributed by atoms with van der Waals surface area (Å²) in [5, 5.41) is 10.6. The van der Waals surface area contributed by atoms with Crippen LogP contribution in [0.2, 0.25) is 0 Å². The van der Waals surface area contributed by atoms with Gasteiger partial charge in [0.1, 0.15) is 12.7 Å². The first-order valence-corrected chi connectivity index (χ1v) is 14.4. The molecule has 0 aromatic rings. The third-order valence-corrected chi connectivity index (χ3v) is 6.90. The first kappa shape index (κ1) is 30.7. The Bertz CT molecular complexity index is 378. The standard InChI is InChI=1S/C26H52O4S/c1-4-6-8-9-12-15-18-25(31-3)19-16-13-10-11-14-17-20-26(28)30-23-24(27)22-29-21-7-5-2/h24-25,27H,4-23H2,1-3H3. The van der Waals surface area contributed by atoms with E-state index in [9.17, 15) is 9.90 Å². The third kappa shape index (κ3) is 22.7. The molecule has 0 saturated carbocycles. The van der Waals surface area contributed by atoms with Crippen molar-refractivity contribution in [2.45, 2.75) is 134 Å². The van der Waals surface area contributed by atoms with Crippen molar-refractivity contribution in [3.8, 4) is 0 Å². The minimum absolute atomic E-state index is 0.0420. The Labute approximate surface area is 197 Å². The Kier molecular flexibility index (Phi) is 24.2. The van der Waals surface area contributed by atoms with Gasteiger partial charge in [-0.25, -0.2) is 0 Å². The Morgan fingerprint density at radius 2 is 1.32 bits per heavy atom. The molecule has 0 bridgehead atoms. The summed E-state index contributed by atoms with van der Waals surface area (Å²) < 4.78 is 10.5. The summed E-state index contributed by atoms with van der Waals surface area (Å²) in [5.41, 5.74) is 0. The Balaban J connectivity index is 3.45. The Morgan fingerprint density at radius 1 is 0.774 bits per heavy atom. The monoisotopic (exact) mass is 460 g/mol. The predicted octanol–water partition coefficient (Wildman–Crippen LogP) is 7.31. The molecule has 0 spiro atoms. The zero-order valence-corrected chi connectivity index (χ0v) is 21.7. The fourth-order valence-electron chi connectivity index (χ4n) is 3.66. The summed E-state index contributed by atoms with van der Waals surface area (Å²) in [4.78, 5) is 11.8. The number of thioether (sulfide) groups is 1. The number of hydrogen-bond acceptors (Lipinski definition) is 5. The molecule has 0 saturated heterocycles. The lowest BCUT2D eigenvalue weighted by molar-refractivity contribution is -0.147. The second-order valence-electron chi connectivity index (χ2n) is 8.84. The molecule has 0 rings (SSSR count). The molecule has 0 aromatic carbocycles. The third-order valence-electron chi connectivity index (χ3n) is 5.76. The maximum atomic E-state index is 11.8. The van der Waals surface area contributed by atoms with Crippen molar-refractivity contribution in [3.05, 3.63) is 0 Å². The molecule has 186 valence electrons. The van der Waals surface area contributed by atoms with Gasteiger partial charge in [-0.2, -0.15) is 11.8 Å². The van der Waals surface area contributed by atoms with Crippen molar-refractivity contribution >= 4 is 17.7 Å². The van der Waals surface area contributed by atoms with E-state index in [-0.39, 0.29) is 19.2 Å². The van der Waals surface area contributed by atoms with Crippen molar-refractivity contribution in [1.29, 1.82) is 0 Å². The van der Waals surface area contributed by atoms with Crippen molar-refractivity contribution in [2.75, 3.05) is 26.1 Å². The van der Waals surface area contributed by atoms with Crippen molar-refractivity contribution in [2.24, 2.45) is 0 Å². The maximum Gasteiger partial charge on any atom is 0.305 e. The largest absolute Gasteiger partial charge is 0.463 e. The minimum Gasteiger partial charge on any atom is -0.463 e. The molecular weight excluding hydrogens is 408 g/mol. The second-order valence-corrected chi connectivity index (χ2v) is 9.98. The minimum atomic E-state index is -0.716. The van der Waals surface area contributed by atoms with Crippen LogP contribution in [0.25, 0.3) is 0 Å². The van der Waals surface area contributed by atoms with Crippen LogP contribution in [0, 0.1) is 0 Å². The summed E-state index contributed by atoms with van der Waals surface area (Å²) in [5.74, 6) is -0.204. The molecule has 2 unspecified atom stereocenters. The highest BCUT2D eigenvalue weighted by Crippen LogP contribution is 2.22. The average Bonchev–Trinajstić information content (AvgIpc) is 2.77. The lowest BCUT2D eigenvalue weighted by Crippen LogP contribution is -2.24.